The molecule has 0 radical (unpaired) electrons. The minimum absolute atomic E-state index is 0.163. The fourth-order valence-electron chi connectivity index (χ4n) is 2.26. The maximum atomic E-state index is 10.8. The molecular weight excluding hydrogens is 344 g/mol. The van der Waals surface area contributed by atoms with E-state index in [1.165, 1.54) is 0 Å². The lowest BCUT2D eigenvalue weighted by atomic mass is 10.2. The number of carbonyl (C=O) groups is 1. The van der Waals surface area contributed by atoms with Crippen molar-refractivity contribution in [2.24, 2.45) is 5.73 Å². The lowest BCUT2D eigenvalue weighted by Crippen LogP contribution is -2.15. The zero-order chi connectivity index (χ0) is 18.2. The summed E-state index contributed by atoms with van der Waals surface area (Å²) in [5, 5.41) is 3.76. The van der Waals surface area contributed by atoms with Gasteiger partial charge in [0.05, 0.1) is 38.0 Å². The summed E-state index contributed by atoms with van der Waals surface area (Å²) >= 11 is 6.39. The Kier molecular flexibility index (Phi) is 6.77. The number of nitrogens with one attached hydrogen (secondary N) is 1. The highest BCUT2D eigenvalue weighted by Gasteiger charge is 2.13. The van der Waals surface area contributed by atoms with E-state index in [2.05, 4.69) is 5.32 Å². The van der Waals surface area contributed by atoms with E-state index in [9.17, 15) is 4.79 Å². The zero-order valence-electron chi connectivity index (χ0n) is 14.2. The number of hydrogen-bond acceptors (Lipinski definition) is 5. The highest BCUT2D eigenvalue weighted by molar-refractivity contribution is 6.33. The van der Waals surface area contributed by atoms with Gasteiger partial charge in [0.25, 0.3) is 0 Å². The van der Waals surface area contributed by atoms with E-state index in [-0.39, 0.29) is 13.0 Å². The van der Waals surface area contributed by atoms with Crippen LogP contribution in [0.5, 0.6) is 17.2 Å². The van der Waals surface area contributed by atoms with Gasteiger partial charge < -0.3 is 25.3 Å². The minimum Gasteiger partial charge on any atom is -0.493 e. The van der Waals surface area contributed by atoms with Crippen LogP contribution in [0.4, 0.5) is 5.69 Å². The van der Waals surface area contributed by atoms with Gasteiger partial charge in [-0.2, -0.15) is 0 Å². The molecule has 2 aromatic carbocycles. The van der Waals surface area contributed by atoms with E-state index >= 15 is 0 Å². The molecule has 0 bridgehead atoms. The molecule has 0 saturated heterocycles. The number of primary amides is 1. The molecule has 1 amide bonds. The number of amides is 1. The Bertz CT molecular complexity index is 737. The molecule has 7 heteroatoms. The summed E-state index contributed by atoms with van der Waals surface area (Å²) in [6, 6.07) is 11.1. The van der Waals surface area contributed by atoms with Crippen molar-refractivity contribution >= 4 is 23.2 Å². The molecule has 6 nitrogen and oxygen atoms in total. The maximum Gasteiger partial charge on any atom is 0.220 e. The van der Waals surface area contributed by atoms with Crippen molar-refractivity contribution in [3.8, 4) is 17.2 Å². The van der Waals surface area contributed by atoms with Gasteiger partial charge in [0.15, 0.2) is 11.5 Å². The third-order valence-electron chi connectivity index (χ3n) is 3.53. The highest BCUT2D eigenvalue weighted by atomic mass is 35.5. The summed E-state index contributed by atoms with van der Waals surface area (Å²) in [4.78, 5) is 10.8. The lowest BCUT2D eigenvalue weighted by molar-refractivity contribution is -0.118. The molecule has 0 unspecified atom stereocenters. The summed E-state index contributed by atoms with van der Waals surface area (Å²) in [6.45, 7) is 0.695. The number of rotatable bonds is 9. The number of anilines is 1. The normalized spacial score (nSPS) is 10.2. The molecule has 0 aliphatic rings. The van der Waals surface area contributed by atoms with Crippen LogP contribution in [-0.4, -0.2) is 26.7 Å². The van der Waals surface area contributed by atoms with E-state index in [0.717, 1.165) is 11.3 Å². The summed E-state index contributed by atoms with van der Waals surface area (Å²) in [5.41, 5.74) is 6.77. The maximum absolute atomic E-state index is 10.8. The minimum atomic E-state index is -0.400. The Morgan fingerprint density at radius 1 is 1.12 bits per heavy atom. The number of halogens is 1. The average molecular weight is 365 g/mol. The molecule has 2 rings (SSSR count). The first-order valence-corrected chi connectivity index (χ1v) is 8.08. The molecule has 0 saturated carbocycles. The first kappa shape index (κ1) is 18.7. The quantitative estimate of drug-likeness (QED) is 0.713. The SMILES string of the molecule is COc1ccc(CNc2ccccc2OCCC(N)=O)c(Cl)c1OC. The van der Waals surface area contributed by atoms with Crippen LogP contribution in [0.25, 0.3) is 0 Å². The topological polar surface area (TPSA) is 82.8 Å². The number of carbonyl (C=O) groups excluding carboxylic acids is 1. The molecule has 134 valence electrons. The Hall–Kier alpha value is -2.60. The first-order valence-electron chi connectivity index (χ1n) is 7.70. The van der Waals surface area contributed by atoms with Crippen molar-refractivity contribution < 1.29 is 19.0 Å². The zero-order valence-corrected chi connectivity index (χ0v) is 14.9. The highest BCUT2D eigenvalue weighted by Crippen LogP contribution is 2.37. The number of benzene rings is 2. The number of methoxy groups -OCH3 is 2. The van der Waals surface area contributed by atoms with Crippen molar-refractivity contribution in [2.45, 2.75) is 13.0 Å². The van der Waals surface area contributed by atoms with Gasteiger partial charge in [0.1, 0.15) is 5.75 Å². The predicted octanol–water partition coefficient (Wildman–Crippen LogP) is 3.22. The van der Waals surface area contributed by atoms with E-state index in [4.69, 9.17) is 31.5 Å². The summed E-state index contributed by atoms with van der Waals surface area (Å²) in [5.74, 6) is 1.31. The Morgan fingerprint density at radius 3 is 2.56 bits per heavy atom. The van der Waals surface area contributed by atoms with E-state index in [1.807, 2.05) is 30.3 Å². The molecule has 0 aliphatic carbocycles. The van der Waals surface area contributed by atoms with Gasteiger partial charge in [-0.1, -0.05) is 29.8 Å². The van der Waals surface area contributed by atoms with Crippen molar-refractivity contribution in [3.05, 3.63) is 47.0 Å². The summed E-state index contributed by atoms with van der Waals surface area (Å²) < 4.78 is 16.1. The van der Waals surface area contributed by atoms with Crippen LogP contribution in [0.3, 0.4) is 0 Å². The van der Waals surface area contributed by atoms with Gasteiger partial charge in [-0.25, -0.2) is 0 Å². The largest absolute Gasteiger partial charge is 0.493 e. The Morgan fingerprint density at radius 2 is 1.88 bits per heavy atom. The van der Waals surface area contributed by atoms with Gasteiger partial charge in [-0.05, 0) is 23.8 Å². The monoisotopic (exact) mass is 364 g/mol. The standard InChI is InChI=1S/C18H21ClN2O4/c1-23-15-8-7-12(17(19)18(15)24-2)11-21-13-5-3-4-6-14(13)25-10-9-16(20)22/h3-8,21H,9-11H2,1-2H3,(H2,20,22). The molecular formula is C18H21ClN2O4. The molecule has 2 aromatic rings. The van der Waals surface area contributed by atoms with Gasteiger partial charge in [-0.15, -0.1) is 0 Å². The fraction of sp³-hybridized carbons (Fsp3) is 0.278. The molecule has 0 heterocycles. The second-order valence-corrected chi connectivity index (χ2v) is 5.57. The molecule has 0 spiro atoms. The Labute approximate surface area is 151 Å². The smallest absolute Gasteiger partial charge is 0.220 e. The lowest BCUT2D eigenvalue weighted by Gasteiger charge is -2.15. The third kappa shape index (κ3) is 4.93. The van der Waals surface area contributed by atoms with Gasteiger partial charge in [0, 0.05) is 6.54 Å². The van der Waals surface area contributed by atoms with Crippen LogP contribution >= 0.6 is 11.6 Å². The second kappa shape index (κ2) is 9.03. The van der Waals surface area contributed by atoms with Crippen molar-refractivity contribution in [1.29, 1.82) is 0 Å². The number of ether oxygens (including phenoxy) is 3. The molecule has 0 aromatic heterocycles. The van der Waals surface area contributed by atoms with Crippen molar-refractivity contribution in [1.82, 2.24) is 0 Å². The van der Waals surface area contributed by atoms with Crippen LogP contribution in [0.15, 0.2) is 36.4 Å². The van der Waals surface area contributed by atoms with E-state index in [0.29, 0.717) is 28.8 Å². The van der Waals surface area contributed by atoms with Crippen LogP contribution in [0.1, 0.15) is 12.0 Å². The van der Waals surface area contributed by atoms with Gasteiger partial charge in [0.2, 0.25) is 5.91 Å². The van der Waals surface area contributed by atoms with Crippen LogP contribution in [-0.2, 0) is 11.3 Å². The fourth-order valence-corrected chi connectivity index (χ4v) is 2.56. The van der Waals surface area contributed by atoms with E-state index in [1.54, 1.807) is 20.3 Å². The summed E-state index contributed by atoms with van der Waals surface area (Å²) in [6.07, 6.45) is 0.163. The first-order chi connectivity index (χ1) is 12.1. The molecule has 0 fully saturated rings. The predicted molar refractivity (Wildman–Crippen MR) is 97.6 cm³/mol. The van der Waals surface area contributed by atoms with Gasteiger partial charge >= 0.3 is 0 Å². The third-order valence-corrected chi connectivity index (χ3v) is 3.94. The second-order valence-electron chi connectivity index (χ2n) is 5.19. The average Bonchev–Trinajstić information content (AvgIpc) is 2.61. The van der Waals surface area contributed by atoms with Crippen LogP contribution < -0.4 is 25.3 Å². The molecule has 0 atom stereocenters. The Balaban J connectivity index is 2.10. The number of nitrogens with two attached hydrogens (primary N) is 1. The van der Waals surface area contributed by atoms with Crippen LogP contribution in [0, 0.1) is 0 Å². The van der Waals surface area contributed by atoms with E-state index < -0.39 is 5.91 Å². The van der Waals surface area contributed by atoms with Crippen molar-refractivity contribution in [3.63, 3.8) is 0 Å². The number of para-hydroxylation sites is 2. The number of hydrogen-bond donors (Lipinski definition) is 2. The molecule has 0 aliphatic heterocycles. The van der Waals surface area contributed by atoms with Gasteiger partial charge in [-0.3, -0.25) is 4.79 Å². The summed E-state index contributed by atoms with van der Waals surface area (Å²) in [7, 11) is 3.11. The van der Waals surface area contributed by atoms with Crippen LogP contribution in [0.2, 0.25) is 5.02 Å². The molecule has 3 N–H and O–H groups in total. The molecule has 25 heavy (non-hydrogen) atoms. The van der Waals surface area contributed by atoms with Crippen molar-refractivity contribution in [2.75, 3.05) is 26.1 Å².